The molecular formula is C12H12N4O3S. The van der Waals surface area contributed by atoms with Crippen molar-refractivity contribution in [3.63, 3.8) is 0 Å². The number of rotatable bonds is 4. The third-order valence-electron chi connectivity index (χ3n) is 2.43. The topological polar surface area (TPSA) is 118 Å². The minimum Gasteiger partial charge on any atom is -0.481 e. The highest BCUT2D eigenvalue weighted by atomic mass is 32.1. The molecule has 0 aliphatic carbocycles. The Labute approximate surface area is 118 Å². The first-order chi connectivity index (χ1) is 9.45. The van der Waals surface area contributed by atoms with Gasteiger partial charge in [-0.05, 0) is 19.1 Å². The van der Waals surface area contributed by atoms with Gasteiger partial charge in [-0.2, -0.15) is 0 Å². The second kappa shape index (κ2) is 5.66. The lowest BCUT2D eigenvalue weighted by atomic mass is 10.2. The van der Waals surface area contributed by atoms with Crippen LogP contribution >= 0.6 is 11.3 Å². The van der Waals surface area contributed by atoms with E-state index in [4.69, 9.17) is 10.8 Å². The van der Waals surface area contributed by atoms with Gasteiger partial charge in [0, 0.05) is 0 Å². The van der Waals surface area contributed by atoms with Crippen LogP contribution in [-0.4, -0.2) is 27.0 Å². The number of carboxylic acid groups (broad SMARTS) is 1. The highest BCUT2D eigenvalue weighted by Crippen LogP contribution is 2.21. The summed E-state index contributed by atoms with van der Waals surface area (Å²) in [6.45, 7) is 1.70. The fourth-order valence-electron chi connectivity index (χ4n) is 1.57. The van der Waals surface area contributed by atoms with Crippen molar-refractivity contribution < 1.29 is 14.7 Å². The van der Waals surface area contributed by atoms with Crippen LogP contribution < -0.4 is 11.1 Å². The van der Waals surface area contributed by atoms with E-state index in [9.17, 15) is 9.59 Å². The van der Waals surface area contributed by atoms with Crippen molar-refractivity contribution in [2.45, 2.75) is 13.3 Å². The van der Waals surface area contributed by atoms with Gasteiger partial charge in [0.2, 0.25) is 0 Å². The first-order valence-corrected chi connectivity index (χ1v) is 6.48. The molecular weight excluding hydrogens is 280 g/mol. The second-order valence-corrected chi connectivity index (χ2v) is 5.06. The lowest BCUT2D eigenvalue weighted by molar-refractivity contribution is -0.136. The number of anilines is 2. The van der Waals surface area contributed by atoms with E-state index in [1.54, 1.807) is 19.1 Å². The summed E-state index contributed by atoms with van der Waals surface area (Å²) >= 11 is 1.11. The van der Waals surface area contributed by atoms with Crippen LogP contribution in [0.15, 0.2) is 18.3 Å². The molecule has 8 heteroatoms. The van der Waals surface area contributed by atoms with Gasteiger partial charge in [-0.3, -0.25) is 14.6 Å². The quantitative estimate of drug-likeness (QED) is 0.781. The van der Waals surface area contributed by atoms with Crippen LogP contribution in [0.2, 0.25) is 0 Å². The molecule has 0 fully saturated rings. The highest BCUT2D eigenvalue weighted by molar-refractivity contribution is 7.17. The van der Waals surface area contributed by atoms with Crippen molar-refractivity contribution in [1.29, 1.82) is 0 Å². The largest absolute Gasteiger partial charge is 0.481 e. The summed E-state index contributed by atoms with van der Waals surface area (Å²) in [4.78, 5) is 30.9. The number of nitrogens with zero attached hydrogens (tertiary/aromatic N) is 2. The number of pyridine rings is 1. The number of nitrogen functional groups attached to an aromatic ring is 1. The van der Waals surface area contributed by atoms with Crippen LogP contribution in [0.25, 0.3) is 0 Å². The SMILES string of the molecule is Cc1nc(N)sc1C(=O)Nc1ccc(CC(=O)O)nc1. The van der Waals surface area contributed by atoms with Crippen LogP contribution in [0.5, 0.6) is 0 Å². The average Bonchev–Trinajstić information content (AvgIpc) is 2.70. The average molecular weight is 292 g/mol. The molecule has 0 aromatic carbocycles. The Kier molecular flexibility index (Phi) is 3.94. The molecule has 1 amide bonds. The van der Waals surface area contributed by atoms with Crippen LogP contribution in [0.3, 0.4) is 0 Å². The lowest BCUT2D eigenvalue weighted by Crippen LogP contribution is -2.12. The van der Waals surface area contributed by atoms with E-state index in [0.29, 0.717) is 27.1 Å². The Morgan fingerprint density at radius 3 is 2.70 bits per heavy atom. The molecule has 20 heavy (non-hydrogen) atoms. The van der Waals surface area contributed by atoms with Crippen molar-refractivity contribution in [2.75, 3.05) is 11.1 Å². The van der Waals surface area contributed by atoms with Gasteiger partial charge in [-0.15, -0.1) is 0 Å². The maximum absolute atomic E-state index is 12.0. The van der Waals surface area contributed by atoms with Crippen LogP contribution in [0.1, 0.15) is 21.1 Å². The fraction of sp³-hybridized carbons (Fsp3) is 0.167. The zero-order valence-corrected chi connectivity index (χ0v) is 11.4. The van der Waals surface area contributed by atoms with E-state index >= 15 is 0 Å². The van der Waals surface area contributed by atoms with Gasteiger partial charge < -0.3 is 16.2 Å². The van der Waals surface area contributed by atoms with Crippen molar-refractivity contribution in [3.8, 4) is 0 Å². The van der Waals surface area contributed by atoms with E-state index < -0.39 is 5.97 Å². The number of thiazole rings is 1. The summed E-state index contributed by atoms with van der Waals surface area (Å²) in [6.07, 6.45) is 1.26. The molecule has 4 N–H and O–H groups in total. The number of aromatic nitrogens is 2. The Hall–Kier alpha value is -2.48. The number of carbonyl (C=O) groups is 2. The number of aryl methyl sites for hydroxylation is 1. The molecule has 104 valence electrons. The molecule has 0 unspecified atom stereocenters. The smallest absolute Gasteiger partial charge is 0.309 e. The van der Waals surface area contributed by atoms with Crippen molar-refractivity contribution in [3.05, 3.63) is 34.6 Å². The highest BCUT2D eigenvalue weighted by Gasteiger charge is 2.14. The Bertz CT molecular complexity index is 651. The van der Waals surface area contributed by atoms with E-state index in [1.165, 1.54) is 6.20 Å². The Morgan fingerprint density at radius 2 is 2.20 bits per heavy atom. The molecule has 2 aromatic rings. The molecule has 0 spiro atoms. The summed E-state index contributed by atoms with van der Waals surface area (Å²) in [5.41, 5.74) is 7.01. The lowest BCUT2D eigenvalue weighted by Gasteiger charge is -2.04. The van der Waals surface area contributed by atoms with Crippen molar-refractivity contribution >= 4 is 34.0 Å². The molecule has 0 bridgehead atoms. The minimum absolute atomic E-state index is 0.154. The molecule has 7 nitrogen and oxygen atoms in total. The van der Waals surface area contributed by atoms with Gasteiger partial charge in [-0.1, -0.05) is 11.3 Å². The Balaban J connectivity index is 2.08. The molecule has 0 saturated heterocycles. The predicted octanol–water partition coefficient (Wildman–Crippen LogP) is 1.31. The molecule has 0 radical (unpaired) electrons. The molecule has 2 rings (SSSR count). The van der Waals surface area contributed by atoms with E-state index in [2.05, 4.69) is 15.3 Å². The summed E-state index contributed by atoms with van der Waals surface area (Å²) in [6, 6.07) is 3.15. The molecule has 2 heterocycles. The zero-order chi connectivity index (χ0) is 14.7. The molecule has 0 aliphatic heterocycles. The van der Waals surface area contributed by atoms with Gasteiger partial charge in [0.05, 0.1) is 29.7 Å². The van der Waals surface area contributed by atoms with E-state index in [1.807, 2.05) is 0 Å². The van der Waals surface area contributed by atoms with Gasteiger partial charge >= 0.3 is 5.97 Å². The summed E-state index contributed by atoms with van der Waals surface area (Å²) in [7, 11) is 0. The second-order valence-electron chi connectivity index (χ2n) is 4.03. The number of carbonyl (C=O) groups excluding carboxylic acids is 1. The van der Waals surface area contributed by atoms with Crippen LogP contribution in [-0.2, 0) is 11.2 Å². The van der Waals surface area contributed by atoms with Crippen molar-refractivity contribution in [2.24, 2.45) is 0 Å². The monoisotopic (exact) mass is 292 g/mol. The number of nitrogens with one attached hydrogen (secondary N) is 1. The first kappa shape index (κ1) is 13.9. The normalized spacial score (nSPS) is 10.2. The zero-order valence-electron chi connectivity index (χ0n) is 10.6. The first-order valence-electron chi connectivity index (χ1n) is 5.66. The third-order valence-corrected chi connectivity index (χ3v) is 3.42. The molecule has 0 saturated carbocycles. The maximum atomic E-state index is 12.0. The number of nitrogens with two attached hydrogens (primary N) is 1. The number of hydrogen-bond acceptors (Lipinski definition) is 6. The summed E-state index contributed by atoms with van der Waals surface area (Å²) in [5, 5.41) is 11.6. The van der Waals surface area contributed by atoms with Gasteiger partial charge in [-0.25, -0.2) is 4.98 Å². The molecule has 2 aromatic heterocycles. The van der Waals surface area contributed by atoms with Gasteiger partial charge in [0.15, 0.2) is 5.13 Å². The summed E-state index contributed by atoms with van der Waals surface area (Å²) < 4.78 is 0. The third kappa shape index (κ3) is 3.29. The van der Waals surface area contributed by atoms with Crippen LogP contribution in [0.4, 0.5) is 10.8 Å². The number of hydrogen-bond donors (Lipinski definition) is 3. The van der Waals surface area contributed by atoms with Gasteiger partial charge in [0.25, 0.3) is 5.91 Å². The van der Waals surface area contributed by atoms with Crippen molar-refractivity contribution in [1.82, 2.24) is 9.97 Å². The molecule has 0 aliphatic rings. The molecule has 0 atom stereocenters. The van der Waals surface area contributed by atoms with E-state index in [-0.39, 0.29) is 12.3 Å². The van der Waals surface area contributed by atoms with Crippen LogP contribution in [0, 0.1) is 6.92 Å². The van der Waals surface area contributed by atoms with E-state index in [0.717, 1.165) is 11.3 Å². The van der Waals surface area contributed by atoms with Gasteiger partial charge in [0.1, 0.15) is 4.88 Å². The minimum atomic E-state index is -0.954. The Morgan fingerprint density at radius 1 is 1.45 bits per heavy atom. The summed E-state index contributed by atoms with van der Waals surface area (Å²) in [5.74, 6) is -1.27. The number of amides is 1. The fourth-order valence-corrected chi connectivity index (χ4v) is 2.30. The predicted molar refractivity (Wildman–Crippen MR) is 74.8 cm³/mol. The number of aliphatic carboxylic acids is 1. The number of carboxylic acids is 1. The maximum Gasteiger partial charge on any atom is 0.309 e. The standard InChI is InChI=1S/C12H12N4O3S/c1-6-10(20-12(13)15-6)11(19)16-8-3-2-7(14-5-8)4-9(17)18/h2-3,5H,4H2,1H3,(H2,13,15)(H,16,19)(H,17,18).